The smallest absolute Gasteiger partial charge is 0.126 e. The van der Waals surface area contributed by atoms with Gasteiger partial charge in [-0.2, -0.15) is 0 Å². The fraction of sp³-hybridized carbons (Fsp3) is 0.500. The van der Waals surface area contributed by atoms with Crippen molar-refractivity contribution >= 4 is 0 Å². The van der Waals surface area contributed by atoms with Gasteiger partial charge in [-0.25, -0.2) is 0 Å². The van der Waals surface area contributed by atoms with Gasteiger partial charge in [0.25, 0.3) is 0 Å². The molecule has 7 rings (SSSR count). The predicted molar refractivity (Wildman–Crippen MR) is 226 cm³/mol. The van der Waals surface area contributed by atoms with Crippen LogP contribution >= 0.6 is 0 Å². The summed E-state index contributed by atoms with van der Waals surface area (Å²) in [6.45, 7) is 8.82. The number of rotatable bonds is 0. The van der Waals surface area contributed by atoms with E-state index in [9.17, 15) is 0 Å². The summed E-state index contributed by atoms with van der Waals surface area (Å²) in [5.74, 6) is 3.33. The largest absolute Gasteiger partial charge is 0.491 e. The second kappa shape index (κ2) is 24.9. The maximum absolute atomic E-state index is 6.71. The third kappa shape index (κ3) is 13.4. The van der Waals surface area contributed by atoms with E-state index in [1.165, 1.54) is 0 Å². The van der Waals surface area contributed by atoms with Gasteiger partial charge in [0.1, 0.15) is 49.4 Å². The van der Waals surface area contributed by atoms with Gasteiger partial charge in [0.05, 0.1) is 106 Å². The van der Waals surface area contributed by atoms with Crippen LogP contribution in [0.15, 0.2) is 72.8 Å². The summed E-state index contributed by atoms with van der Waals surface area (Å²) in [6, 6.07) is 25.6. The molecule has 0 radical (unpaired) electrons. The number of ether oxygens (including phenoxy) is 12. The molecule has 2 aliphatic heterocycles. The Morgan fingerprint density at radius 1 is 0.200 bits per heavy atom. The van der Waals surface area contributed by atoms with Gasteiger partial charge in [0, 0.05) is 25.7 Å². The normalized spacial score (nSPS) is 19.1. The zero-order valence-corrected chi connectivity index (χ0v) is 34.8. The molecule has 4 aromatic rings. The summed E-state index contributed by atoms with van der Waals surface area (Å²) < 4.78 is 73.5. The highest BCUT2D eigenvalue weighted by molar-refractivity contribution is 5.56. The monoisotopic (exact) mass is 828 g/mol. The van der Waals surface area contributed by atoms with E-state index in [0.717, 1.165) is 67.5 Å². The van der Waals surface area contributed by atoms with Gasteiger partial charge in [-0.15, -0.1) is 0 Å². The van der Waals surface area contributed by atoms with Crippen LogP contribution in [-0.4, -0.2) is 132 Å². The molecule has 0 aromatic heterocycles. The van der Waals surface area contributed by atoms with Crippen LogP contribution < -0.4 is 18.9 Å². The van der Waals surface area contributed by atoms with Crippen molar-refractivity contribution < 1.29 is 56.8 Å². The molecule has 0 atom stereocenters. The Hall–Kier alpha value is -4.24. The van der Waals surface area contributed by atoms with Crippen LogP contribution in [0.2, 0.25) is 0 Å². The lowest BCUT2D eigenvalue weighted by atomic mass is 9.91. The highest BCUT2D eigenvalue weighted by Crippen LogP contribution is 2.39. The topological polar surface area (TPSA) is 111 Å². The Bertz CT molecular complexity index is 1530. The standard InChI is InChI=1S/C48H60O12/c1-5-37-33-39-7-2-9-41-35-43-11-4-12-44-36-42-10-3-8-40(47(42)59-31-27-55-23-19-51-16-15-50-18-22-54-26-30-58-46(39)41)34-38(6-1)45(37)57-29-25-53-21-17-49-13-14-52-20-24-56-28-32-60-48(43)44/h1-12H,13-36H2. The van der Waals surface area contributed by atoms with Crippen molar-refractivity contribution in [2.45, 2.75) is 25.7 Å². The lowest BCUT2D eigenvalue weighted by molar-refractivity contribution is -0.00706. The molecule has 2 heterocycles. The number of benzene rings is 4. The molecule has 12 nitrogen and oxygen atoms in total. The van der Waals surface area contributed by atoms with Crippen molar-refractivity contribution in [3.63, 3.8) is 0 Å². The van der Waals surface area contributed by atoms with Gasteiger partial charge in [-0.05, 0) is 44.5 Å². The molecular weight excluding hydrogens is 769 g/mol. The van der Waals surface area contributed by atoms with Gasteiger partial charge in [-0.1, -0.05) is 72.8 Å². The van der Waals surface area contributed by atoms with E-state index in [1.807, 2.05) is 0 Å². The van der Waals surface area contributed by atoms with Gasteiger partial charge < -0.3 is 56.8 Å². The summed E-state index contributed by atoms with van der Waals surface area (Å²) in [7, 11) is 0. The predicted octanol–water partition coefficient (Wildman–Crippen LogP) is 6.04. The molecule has 0 N–H and O–H groups in total. The van der Waals surface area contributed by atoms with Crippen molar-refractivity contribution in [3.05, 3.63) is 117 Å². The van der Waals surface area contributed by atoms with E-state index >= 15 is 0 Å². The maximum Gasteiger partial charge on any atom is 0.126 e. The molecule has 4 aromatic carbocycles. The number of para-hydroxylation sites is 4. The third-order valence-corrected chi connectivity index (χ3v) is 10.4. The third-order valence-electron chi connectivity index (χ3n) is 10.4. The van der Waals surface area contributed by atoms with Crippen LogP contribution in [0.1, 0.15) is 44.5 Å². The van der Waals surface area contributed by atoms with Gasteiger partial charge >= 0.3 is 0 Å². The molecule has 12 heteroatoms. The molecule has 3 aliphatic rings. The van der Waals surface area contributed by atoms with E-state index in [1.54, 1.807) is 0 Å². The summed E-state index contributed by atoms with van der Waals surface area (Å²) in [5.41, 5.74) is 8.40. The van der Waals surface area contributed by atoms with E-state index in [4.69, 9.17) is 56.8 Å². The lowest BCUT2D eigenvalue weighted by Crippen LogP contribution is -2.15. The Labute approximate surface area is 354 Å². The van der Waals surface area contributed by atoms with Crippen molar-refractivity contribution in [2.75, 3.05) is 132 Å². The van der Waals surface area contributed by atoms with Gasteiger partial charge in [-0.3, -0.25) is 0 Å². The van der Waals surface area contributed by atoms with E-state index in [-0.39, 0.29) is 0 Å². The van der Waals surface area contributed by atoms with Crippen LogP contribution in [0.5, 0.6) is 23.0 Å². The Balaban J connectivity index is 1.32. The Morgan fingerprint density at radius 2 is 0.350 bits per heavy atom. The van der Waals surface area contributed by atoms with Gasteiger partial charge in [0.2, 0.25) is 0 Å². The first kappa shape index (κ1) is 43.8. The molecule has 12 bridgehead atoms. The van der Waals surface area contributed by atoms with Crippen molar-refractivity contribution in [2.24, 2.45) is 0 Å². The Kier molecular flexibility index (Phi) is 18.2. The van der Waals surface area contributed by atoms with Crippen LogP contribution in [0.3, 0.4) is 0 Å². The average molecular weight is 829 g/mol. The summed E-state index contributed by atoms with van der Waals surface area (Å²) in [4.78, 5) is 0. The second-order valence-corrected chi connectivity index (χ2v) is 14.6. The van der Waals surface area contributed by atoms with Crippen LogP contribution in [0.4, 0.5) is 0 Å². The lowest BCUT2D eigenvalue weighted by Gasteiger charge is -2.23. The summed E-state index contributed by atoms with van der Waals surface area (Å²) in [5, 5.41) is 0. The zero-order valence-electron chi connectivity index (χ0n) is 34.8. The number of hydrogen-bond acceptors (Lipinski definition) is 12. The molecular formula is C48H60O12. The van der Waals surface area contributed by atoms with E-state index < -0.39 is 0 Å². The minimum absolute atomic E-state index is 0.374. The summed E-state index contributed by atoms with van der Waals surface area (Å²) in [6.07, 6.45) is 2.34. The highest BCUT2D eigenvalue weighted by Gasteiger charge is 2.22. The Morgan fingerprint density at radius 3 is 0.517 bits per heavy atom. The fourth-order valence-corrected chi connectivity index (χ4v) is 7.56. The van der Waals surface area contributed by atoms with Crippen molar-refractivity contribution in [1.82, 2.24) is 0 Å². The molecule has 324 valence electrons. The SMILES string of the molecule is c1cc2c3c(c1)Cc1cccc4c1OCCOCCOCCOCCOCCOc1c(cccc1Cc1cccc(c1OCCOCCOCCOCCOCCO3)C4)C2. The molecule has 0 unspecified atom stereocenters. The average Bonchev–Trinajstić information content (AvgIpc) is 3.25. The summed E-state index contributed by atoms with van der Waals surface area (Å²) >= 11 is 0. The highest BCUT2D eigenvalue weighted by atomic mass is 16.6. The number of hydrogen-bond donors (Lipinski definition) is 0. The molecule has 0 spiro atoms. The van der Waals surface area contributed by atoms with Crippen LogP contribution in [-0.2, 0) is 63.6 Å². The minimum Gasteiger partial charge on any atom is -0.491 e. The van der Waals surface area contributed by atoms with Crippen molar-refractivity contribution in [3.8, 4) is 23.0 Å². The van der Waals surface area contributed by atoms with Crippen molar-refractivity contribution in [1.29, 1.82) is 0 Å². The fourth-order valence-electron chi connectivity index (χ4n) is 7.56. The van der Waals surface area contributed by atoms with Crippen LogP contribution in [0, 0.1) is 0 Å². The van der Waals surface area contributed by atoms with E-state index in [0.29, 0.717) is 158 Å². The molecule has 0 saturated carbocycles. The molecule has 60 heavy (non-hydrogen) atoms. The van der Waals surface area contributed by atoms with Gasteiger partial charge in [0.15, 0.2) is 0 Å². The quantitative estimate of drug-likeness (QED) is 0.182. The molecule has 0 amide bonds. The second-order valence-electron chi connectivity index (χ2n) is 14.6. The minimum atomic E-state index is 0.374. The molecule has 0 fully saturated rings. The first-order valence-electron chi connectivity index (χ1n) is 21.4. The maximum atomic E-state index is 6.71. The first-order valence-corrected chi connectivity index (χ1v) is 21.4. The van der Waals surface area contributed by atoms with E-state index in [2.05, 4.69) is 72.8 Å². The first-order chi connectivity index (χ1) is 29.8. The molecule has 0 saturated heterocycles. The molecule has 1 aliphatic carbocycles. The zero-order chi connectivity index (χ0) is 40.9. The van der Waals surface area contributed by atoms with Crippen LogP contribution in [0.25, 0.3) is 0 Å².